The maximum atomic E-state index is 12.0. The first-order chi connectivity index (χ1) is 6.83. The fraction of sp³-hybridized carbons (Fsp3) is 1.00. The summed E-state index contributed by atoms with van der Waals surface area (Å²) < 4.78 is 62.7. The topological polar surface area (TPSA) is 55.4 Å². The molecule has 1 aliphatic rings. The molecule has 1 atom stereocenters. The Morgan fingerprint density at radius 1 is 1.31 bits per heavy atom. The van der Waals surface area contributed by atoms with E-state index >= 15 is 0 Å². The first-order valence-corrected chi connectivity index (χ1v) is 6.09. The van der Waals surface area contributed by atoms with Gasteiger partial charge in [-0.15, -0.1) is 12.4 Å². The molecule has 0 aromatic heterocycles. The predicted octanol–water partition coefficient (Wildman–Crippen LogP) is 0.721. The van der Waals surface area contributed by atoms with Crippen molar-refractivity contribution in [2.75, 3.05) is 25.4 Å². The van der Waals surface area contributed by atoms with Gasteiger partial charge >= 0.3 is 5.51 Å². The summed E-state index contributed by atoms with van der Waals surface area (Å²) in [5, 5.41) is 2.90. The van der Waals surface area contributed by atoms with Crippen molar-refractivity contribution < 1.29 is 26.3 Å². The van der Waals surface area contributed by atoms with Crippen LogP contribution in [-0.4, -0.2) is 45.5 Å². The number of halogens is 4. The van der Waals surface area contributed by atoms with Crippen molar-refractivity contribution in [1.82, 2.24) is 5.32 Å². The van der Waals surface area contributed by atoms with Crippen LogP contribution < -0.4 is 5.32 Å². The molecule has 9 heteroatoms. The summed E-state index contributed by atoms with van der Waals surface area (Å²) in [6, 6.07) is 0. The van der Waals surface area contributed by atoms with Crippen molar-refractivity contribution in [3.63, 3.8) is 0 Å². The quantitative estimate of drug-likeness (QED) is 0.811. The van der Waals surface area contributed by atoms with Crippen molar-refractivity contribution in [3.05, 3.63) is 0 Å². The monoisotopic (exact) mass is 283 g/mol. The van der Waals surface area contributed by atoms with Crippen molar-refractivity contribution in [1.29, 1.82) is 0 Å². The molecule has 1 fully saturated rings. The highest BCUT2D eigenvalue weighted by atomic mass is 35.5. The van der Waals surface area contributed by atoms with Crippen LogP contribution in [0.25, 0.3) is 0 Å². The van der Waals surface area contributed by atoms with Gasteiger partial charge in [0.2, 0.25) is 9.84 Å². The van der Waals surface area contributed by atoms with Crippen LogP contribution in [0, 0.1) is 0 Å². The van der Waals surface area contributed by atoms with Crippen LogP contribution in [0.3, 0.4) is 0 Å². The molecule has 0 saturated carbocycles. The zero-order chi connectivity index (χ0) is 11.5. The third kappa shape index (κ3) is 4.44. The number of hydrogen-bond acceptors (Lipinski definition) is 4. The molecule has 0 aromatic rings. The molecule has 1 unspecified atom stereocenters. The van der Waals surface area contributed by atoms with Gasteiger partial charge < -0.3 is 10.1 Å². The standard InChI is InChI=1S/C7H12F3NO3S.ClH/c8-7(9,10)15(12,13)5-6-1-2-11-3-4-14-6;/h6,11H,1-5H2;1H. The van der Waals surface area contributed by atoms with E-state index in [1.165, 1.54) is 0 Å². The molecule has 98 valence electrons. The van der Waals surface area contributed by atoms with Crippen molar-refractivity contribution in [3.8, 4) is 0 Å². The first-order valence-electron chi connectivity index (χ1n) is 4.44. The molecule has 0 amide bonds. The summed E-state index contributed by atoms with van der Waals surface area (Å²) in [4.78, 5) is 0. The zero-order valence-corrected chi connectivity index (χ0v) is 9.92. The molecule has 1 aliphatic heterocycles. The summed E-state index contributed by atoms with van der Waals surface area (Å²) in [7, 11) is -5.07. The highest BCUT2D eigenvalue weighted by Gasteiger charge is 2.46. The van der Waals surface area contributed by atoms with Crippen molar-refractivity contribution >= 4 is 22.2 Å². The Labute approximate surface area is 97.9 Å². The number of ether oxygens (including phenoxy) is 1. The third-order valence-corrected chi connectivity index (χ3v) is 3.55. The number of hydrogen-bond donors (Lipinski definition) is 1. The highest BCUT2D eigenvalue weighted by Crippen LogP contribution is 2.25. The van der Waals surface area contributed by atoms with Gasteiger partial charge in [-0.1, -0.05) is 0 Å². The maximum Gasteiger partial charge on any atom is 0.497 e. The molecule has 1 N–H and O–H groups in total. The van der Waals surface area contributed by atoms with Crippen LogP contribution in [0.15, 0.2) is 0 Å². The lowest BCUT2D eigenvalue weighted by Gasteiger charge is -2.15. The Balaban J connectivity index is 0.00000225. The summed E-state index contributed by atoms with van der Waals surface area (Å²) in [6.45, 7) is 1.23. The molecule has 0 spiro atoms. The Morgan fingerprint density at radius 2 is 1.94 bits per heavy atom. The van der Waals surface area contributed by atoms with Gasteiger partial charge in [0.1, 0.15) is 0 Å². The van der Waals surface area contributed by atoms with Crippen LogP contribution >= 0.6 is 12.4 Å². The van der Waals surface area contributed by atoms with Crippen LogP contribution in [0.4, 0.5) is 13.2 Å². The SMILES string of the molecule is Cl.O=S(=O)(CC1CCNCCO1)C(F)(F)F. The van der Waals surface area contributed by atoms with E-state index in [9.17, 15) is 21.6 Å². The number of alkyl halides is 3. The lowest BCUT2D eigenvalue weighted by molar-refractivity contribution is -0.0450. The Bertz CT molecular complexity index is 298. The van der Waals surface area contributed by atoms with Gasteiger partial charge in [0.05, 0.1) is 18.5 Å². The molecule has 4 nitrogen and oxygen atoms in total. The van der Waals surface area contributed by atoms with Gasteiger partial charge in [-0.2, -0.15) is 13.2 Å². The molecule has 16 heavy (non-hydrogen) atoms. The Kier molecular flexibility index (Phi) is 6.02. The summed E-state index contributed by atoms with van der Waals surface area (Å²) in [5.74, 6) is -0.988. The van der Waals surface area contributed by atoms with Crippen LogP contribution in [0.2, 0.25) is 0 Å². The summed E-state index contributed by atoms with van der Waals surface area (Å²) in [6.07, 6.45) is -0.596. The molecule has 0 aliphatic carbocycles. The van der Waals surface area contributed by atoms with E-state index in [0.29, 0.717) is 13.1 Å². The van der Waals surface area contributed by atoms with E-state index < -0.39 is 27.2 Å². The third-order valence-electron chi connectivity index (χ3n) is 2.03. The Hall–Kier alpha value is -0.0500. The molecule has 0 radical (unpaired) electrons. The van der Waals surface area contributed by atoms with E-state index in [4.69, 9.17) is 4.74 Å². The van der Waals surface area contributed by atoms with Crippen LogP contribution in [-0.2, 0) is 14.6 Å². The maximum absolute atomic E-state index is 12.0. The van der Waals surface area contributed by atoms with E-state index in [1.807, 2.05) is 0 Å². The molecular formula is C7H13ClF3NO3S. The van der Waals surface area contributed by atoms with Gasteiger partial charge in [0.25, 0.3) is 0 Å². The van der Waals surface area contributed by atoms with E-state index in [-0.39, 0.29) is 25.4 Å². The minimum Gasteiger partial charge on any atom is -0.376 e. The smallest absolute Gasteiger partial charge is 0.376 e. The zero-order valence-electron chi connectivity index (χ0n) is 8.29. The number of rotatable bonds is 2. The fourth-order valence-corrected chi connectivity index (χ4v) is 2.18. The van der Waals surface area contributed by atoms with Gasteiger partial charge in [0, 0.05) is 6.54 Å². The van der Waals surface area contributed by atoms with E-state index in [0.717, 1.165) is 0 Å². The van der Waals surface area contributed by atoms with Crippen LogP contribution in [0.1, 0.15) is 6.42 Å². The second-order valence-corrected chi connectivity index (χ2v) is 5.28. The summed E-state index contributed by atoms with van der Waals surface area (Å²) >= 11 is 0. The van der Waals surface area contributed by atoms with Gasteiger partial charge in [-0.25, -0.2) is 8.42 Å². The molecule has 0 bridgehead atoms. The molecule has 1 rings (SSSR count). The van der Waals surface area contributed by atoms with Gasteiger partial charge in [0.15, 0.2) is 0 Å². The second-order valence-electron chi connectivity index (χ2n) is 3.26. The summed E-state index contributed by atoms with van der Waals surface area (Å²) in [5.41, 5.74) is -5.18. The number of nitrogens with one attached hydrogen (secondary N) is 1. The lowest BCUT2D eigenvalue weighted by atomic mass is 10.3. The number of sulfone groups is 1. The highest BCUT2D eigenvalue weighted by molar-refractivity contribution is 7.92. The first kappa shape index (κ1) is 16.0. The lowest BCUT2D eigenvalue weighted by Crippen LogP contribution is -2.33. The van der Waals surface area contributed by atoms with Crippen molar-refractivity contribution in [2.45, 2.75) is 18.0 Å². The predicted molar refractivity (Wildman–Crippen MR) is 54.3 cm³/mol. The molecule has 1 heterocycles. The minimum absolute atomic E-state index is 0. The molecule has 0 aromatic carbocycles. The average Bonchev–Trinajstić information content (AvgIpc) is 2.30. The van der Waals surface area contributed by atoms with Crippen LogP contribution in [0.5, 0.6) is 0 Å². The molecular weight excluding hydrogens is 271 g/mol. The largest absolute Gasteiger partial charge is 0.497 e. The minimum atomic E-state index is -5.18. The van der Waals surface area contributed by atoms with E-state index in [2.05, 4.69) is 5.32 Å². The Morgan fingerprint density at radius 3 is 2.50 bits per heavy atom. The fourth-order valence-electron chi connectivity index (χ4n) is 1.24. The molecule has 1 saturated heterocycles. The average molecular weight is 284 g/mol. The second kappa shape index (κ2) is 6.04. The van der Waals surface area contributed by atoms with Crippen molar-refractivity contribution in [2.24, 2.45) is 0 Å². The van der Waals surface area contributed by atoms with E-state index in [1.54, 1.807) is 0 Å². The van der Waals surface area contributed by atoms with Gasteiger partial charge in [-0.3, -0.25) is 0 Å². The normalized spacial score (nSPS) is 23.3. The van der Waals surface area contributed by atoms with Gasteiger partial charge in [-0.05, 0) is 13.0 Å².